The van der Waals surface area contributed by atoms with Crippen LogP contribution in [-0.4, -0.2) is 23.1 Å². The van der Waals surface area contributed by atoms with E-state index < -0.39 is 4.92 Å². The lowest BCUT2D eigenvalue weighted by atomic mass is 10.2. The smallest absolute Gasteiger partial charge is 0.269 e. The molecule has 20 heavy (non-hydrogen) atoms. The molecule has 0 saturated heterocycles. The molecule has 0 saturated carbocycles. The number of anilines is 1. The van der Waals surface area contributed by atoms with E-state index in [1.54, 1.807) is 23.6 Å². The third-order valence-corrected chi connectivity index (χ3v) is 3.29. The number of ether oxygens (including phenoxy) is 1. The molecule has 6 nitrogen and oxygen atoms in total. The second-order valence-corrected chi connectivity index (χ2v) is 4.99. The normalized spacial score (nSPS) is 10.4. The highest BCUT2D eigenvalue weighted by molar-refractivity contribution is 7.13. The first-order valence-electron chi connectivity index (χ1n) is 6.20. The largest absolute Gasteiger partial charge is 0.377 e. The molecule has 0 amide bonds. The fraction of sp³-hybridized carbons (Fsp3) is 0.308. The number of thiazole rings is 1. The highest BCUT2D eigenvalue weighted by atomic mass is 32.1. The summed E-state index contributed by atoms with van der Waals surface area (Å²) in [6, 6.07) is 6.50. The van der Waals surface area contributed by atoms with E-state index in [0.717, 1.165) is 23.7 Å². The minimum Gasteiger partial charge on any atom is -0.377 e. The Hall–Kier alpha value is -1.99. The molecule has 0 spiro atoms. The minimum absolute atomic E-state index is 0.0940. The molecule has 0 radical (unpaired) electrons. The molecule has 0 aliphatic carbocycles. The molecule has 2 aromatic rings. The van der Waals surface area contributed by atoms with Gasteiger partial charge in [-0.25, -0.2) is 4.98 Å². The van der Waals surface area contributed by atoms with E-state index in [-0.39, 0.29) is 5.69 Å². The number of nitro groups is 1. The second kappa shape index (κ2) is 7.56. The van der Waals surface area contributed by atoms with Gasteiger partial charge in [0.05, 0.1) is 11.5 Å². The minimum atomic E-state index is -0.401. The van der Waals surface area contributed by atoms with Crippen molar-refractivity contribution in [1.82, 2.24) is 4.98 Å². The van der Waals surface area contributed by atoms with Gasteiger partial charge in [0.1, 0.15) is 0 Å². The maximum atomic E-state index is 10.6. The summed E-state index contributed by atoms with van der Waals surface area (Å²) in [5, 5.41) is 16.6. The van der Waals surface area contributed by atoms with Crippen LogP contribution in [0.2, 0.25) is 0 Å². The number of rotatable bonds is 8. The highest BCUT2D eigenvalue weighted by Crippen LogP contribution is 2.14. The zero-order valence-corrected chi connectivity index (χ0v) is 11.6. The van der Waals surface area contributed by atoms with Crippen LogP contribution in [-0.2, 0) is 11.3 Å². The molecule has 2 rings (SSSR count). The van der Waals surface area contributed by atoms with Crippen LogP contribution in [0.5, 0.6) is 0 Å². The van der Waals surface area contributed by atoms with Gasteiger partial charge in [-0.3, -0.25) is 10.1 Å². The van der Waals surface area contributed by atoms with E-state index in [1.807, 2.05) is 11.4 Å². The lowest BCUT2D eigenvalue weighted by molar-refractivity contribution is -0.384. The Morgan fingerprint density at radius 1 is 1.45 bits per heavy atom. The molecule has 1 aromatic carbocycles. The van der Waals surface area contributed by atoms with Crippen LogP contribution in [0.4, 0.5) is 10.8 Å². The second-order valence-electron chi connectivity index (χ2n) is 4.10. The number of nitrogens with one attached hydrogen (secondary N) is 1. The summed E-state index contributed by atoms with van der Waals surface area (Å²) in [5.41, 5.74) is 0.906. The Morgan fingerprint density at radius 2 is 2.35 bits per heavy atom. The zero-order valence-electron chi connectivity index (χ0n) is 10.8. The Morgan fingerprint density at radius 3 is 3.10 bits per heavy atom. The lowest BCUT2D eigenvalue weighted by Gasteiger charge is -2.05. The molecule has 0 fully saturated rings. The Bertz CT molecular complexity index is 546. The van der Waals surface area contributed by atoms with E-state index in [1.165, 1.54) is 12.1 Å². The van der Waals surface area contributed by atoms with Gasteiger partial charge in [0.25, 0.3) is 5.69 Å². The molecule has 106 valence electrons. The summed E-state index contributed by atoms with van der Waals surface area (Å²) < 4.78 is 5.49. The first-order valence-corrected chi connectivity index (χ1v) is 7.08. The van der Waals surface area contributed by atoms with Crippen molar-refractivity contribution in [3.05, 3.63) is 51.5 Å². The Kier molecular flexibility index (Phi) is 5.45. The first kappa shape index (κ1) is 14.4. The first-order chi connectivity index (χ1) is 9.75. The fourth-order valence-electron chi connectivity index (χ4n) is 1.63. The van der Waals surface area contributed by atoms with Gasteiger partial charge in [0, 0.05) is 36.9 Å². The summed E-state index contributed by atoms with van der Waals surface area (Å²) in [6.07, 6.45) is 2.61. The molecular formula is C13H15N3O3S. The van der Waals surface area contributed by atoms with Crippen LogP contribution in [0, 0.1) is 10.1 Å². The number of hydrogen-bond donors (Lipinski definition) is 1. The number of aromatic nitrogens is 1. The molecule has 0 aliphatic heterocycles. The summed E-state index contributed by atoms with van der Waals surface area (Å²) in [5.74, 6) is 0. The molecule has 7 heteroatoms. The van der Waals surface area contributed by atoms with E-state index >= 15 is 0 Å². The quantitative estimate of drug-likeness (QED) is 0.460. The van der Waals surface area contributed by atoms with Crippen LogP contribution in [0.1, 0.15) is 12.0 Å². The average molecular weight is 293 g/mol. The molecule has 0 aliphatic rings. The van der Waals surface area contributed by atoms with Gasteiger partial charge < -0.3 is 10.1 Å². The topological polar surface area (TPSA) is 77.3 Å². The third-order valence-electron chi connectivity index (χ3n) is 2.56. The van der Waals surface area contributed by atoms with Gasteiger partial charge >= 0.3 is 0 Å². The monoisotopic (exact) mass is 293 g/mol. The van der Waals surface area contributed by atoms with Crippen LogP contribution < -0.4 is 5.32 Å². The standard InChI is InChI=1S/C13H15N3O3S/c17-16(18)12-4-1-3-11(9-12)10-19-7-2-5-14-13-15-6-8-20-13/h1,3-4,6,8-9H,2,5,7,10H2,(H,14,15). The van der Waals surface area contributed by atoms with Crippen molar-refractivity contribution in [3.8, 4) is 0 Å². The third kappa shape index (κ3) is 4.60. The predicted molar refractivity (Wildman–Crippen MR) is 78.0 cm³/mol. The van der Waals surface area contributed by atoms with Crippen LogP contribution >= 0.6 is 11.3 Å². The average Bonchev–Trinajstić information content (AvgIpc) is 2.96. The summed E-state index contributed by atoms with van der Waals surface area (Å²) in [7, 11) is 0. The lowest BCUT2D eigenvalue weighted by Crippen LogP contribution is -2.05. The van der Waals surface area contributed by atoms with Crippen molar-refractivity contribution in [3.63, 3.8) is 0 Å². The van der Waals surface area contributed by atoms with Gasteiger partial charge in [-0.05, 0) is 12.0 Å². The van der Waals surface area contributed by atoms with E-state index in [9.17, 15) is 10.1 Å². The van der Waals surface area contributed by atoms with E-state index in [4.69, 9.17) is 4.74 Å². The molecule has 0 unspecified atom stereocenters. The Balaban J connectivity index is 1.63. The molecule has 1 aromatic heterocycles. The van der Waals surface area contributed by atoms with Crippen molar-refractivity contribution >= 4 is 22.2 Å². The maximum absolute atomic E-state index is 10.6. The van der Waals surface area contributed by atoms with Crippen molar-refractivity contribution in [2.45, 2.75) is 13.0 Å². The number of non-ortho nitro benzene ring substituents is 1. The fourth-order valence-corrected chi connectivity index (χ4v) is 2.19. The SMILES string of the molecule is O=[N+]([O-])c1cccc(COCCCNc2nccs2)c1. The van der Waals surface area contributed by atoms with Gasteiger partial charge in [-0.2, -0.15) is 0 Å². The predicted octanol–water partition coefficient (Wildman–Crippen LogP) is 3.07. The van der Waals surface area contributed by atoms with Crippen molar-refractivity contribution < 1.29 is 9.66 Å². The molecule has 1 heterocycles. The zero-order chi connectivity index (χ0) is 14.2. The van der Waals surface area contributed by atoms with Crippen LogP contribution in [0.3, 0.4) is 0 Å². The molecule has 0 bridgehead atoms. The van der Waals surface area contributed by atoms with Crippen LogP contribution in [0.15, 0.2) is 35.8 Å². The molecule has 1 N–H and O–H groups in total. The summed E-state index contributed by atoms with van der Waals surface area (Å²) in [4.78, 5) is 14.3. The Labute approximate surface area is 120 Å². The van der Waals surface area contributed by atoms with Gasteiger partial charge in [0.2, 0.25) is 0 Å². The van der Waals surface area contributed by atoms with E-state index in [2.05, 4.69) is 10.3 Å². The number of hydrogen-bond acceptors (Lipinski definition) is 6. The van der Waals surface area contributed by atoms with Crippen molar-refractivity contribution in [2.24, 2.45) is 0 Å². The maximum Gasteiger partial charge on any atom is 0.269 e. The summed E-state index contributed by atoms with van der Waals surface area (Å²) in [6.45, 7) is 1.78. The number of nitro benzene ring substituents is 1. The number of benzene rings is 1. The van der Waals surface area contributed by atoms with Crippen molar-refractivity contribution in [2.75, 3.05) is 18.5 Å². The van der Waals surface area contributed by atoms with Gasteiger partial charge in [-0.15, -0.1) is 11.3 Å². The van der Waals surface area contributed by atoms with Crippen molar-refractivity contribution in [1.29, 1.82) is 0 Å². The van der Waals surface area contributed by atoms with Crippen LogP contribution in [0.25, 0.3) is 0 Å². The molecular weight excluding hydrogens is 278 g/mol. The highest BCUT2D eigenvalue weighted by Gasteiger charge is 2.05. The van der Waals surface area contributed by atoms with E-state index in [0.29, 0.717) is 13.2 Å². The molecule has 0 atom stereocenters. The van der Waals surface area contributed by atoms with Gasteiger partial charge in [-0.1, -0.05) is 12.1 Å². The summed E-state index contributed by atoms with van der Waals surface area (Å²) >= 11 is 1.56. The van der Waals surface area contributed by atoms with Gasteiger partial charge in [0.15, 0.2) is 5.13 Å². The number of nitrogens with zero attached hydrogens (tertiary/aromatic N) is 2.